The first-order valence-corrected chi connectivity index (χ1v) is 7.70. The highest BCUT2D eigenvalue weighted by atomic mass is 16.5. The van der Waals surface area contributed by atoms with Gasteiger partial charge in [0.2, 0.25) is 0 Å². The first-order chi connectivity index (χ1) is 8.41. The first-order valence-electron chi connectivity index (χ1n) is 7.70. The van der Waals surface area contributed by atoms with Crippen LogP contribution in [0.5, 0.6) is 0 Å². The van der Waals surface area contributed by atoms with Gasteiger partial charge in [0, 0.05) is 13.2 Å². The molecule has 0 aliphatic carbocycles. The van der Waals surface area contributed by atoms with Crippen LogP contribution in [0, 0.1) is 0 Å². The first kappa shape index (κ1) is 16.9. The predicted molar refractivity (Wildman–Crippen MR) is 76.6 cm³/mol. The summed E-state index contributed by atoms with van der Waals surface area (Å²) in [4.78, 5) is 0. The van der Waals surface area contributed by atoms with Crippen molar-refractivity contribution in [3.8, 4) is 0 Å². The van der Waals surface area contributed by atoms with E-state index in [4.69, 9.17) is 4.74 Å². The highest BCUT2D eigenvalue weighted by Crippen LogP contribution is 2.03. The molecule has 2 nitrogen and oxygen atoms in total. The van der Waals surface area contributed by atoms with Gasteiger partial charge in [-0.25, -0.2) is 0 Å². The molecule has 0 rings (SSSR count). The molecule has 0 bridgehead atoms. The van der Waals surface area contributed by atoms with E-state index in [1.807, 2.05) is 0 Å². The molecule has 0 aromatic rings. The van der Waals surface area contributed by atoms with Gasteiger partial charge in [0.05, 0.1) is 0 Å². The highest BCUT2D eigenvalue weighted by molar-refractivity contribution is 4.47. The average Bonchev–Trinajstić information content (AvgIpc) is 2.35. The lowest BCUT2D eigenvalue weighted by molar-refractivity contribution is 0.125. The number of nitrogens with one attached hydrogen (secondary N) is 1. The number of rotatable bonds is 14. The van der Waals surface area contributed by atoms with E-state index in [0.29, 0.717) is 0 Å². The van der Waals surface area contributed by atoms with Gasteiger partial charge in [-0.1, -0.05) is 52.4 Å². The molecule has 0 amide bonds. The molecule has 0 aliphatic rings. The third kappa shape index (κ3) is 15.9. The summed E-state index contributed by atoms with van der Waals surface area (Å²) in [7, 11) is 0. The van der Waals surface area contributed by atoms with Crippen molar-refractivity contribution < 1.29 is 4.74 Å². The van der Waals surface area contributed by atoms with Gasteiger partial charge >= 0.3 is 0 Å². The fourth-order valence-electron chi connectivity index (χ4n) is 1.89. The Kier molecular flexibility index (Phi) is 15.8. The average molecular weight is 243 g/mol. The topological polar surface area (TPSA) is 21.3 Å². The van der Waals surface area contributed by atoms with Gasteiger partial charge in [-0.3, -0.25) is 0 Å². The minimum atomic E-state index is 0.967. The molecule has 0 saturated heterocycles. The maximum absolute atomic E-state index is 5.63. The minimum Gasteiger partial charge on any atom is -0.381 e. The van der Waals surface area contributed by atoms with Gasteiger partial charge in [0.25, 0.3) is 0 Å². The standard InChI is InChI=1S/C15H33NO/c1-3-5-6-8-11-14-17-15-12-9-7-10-13-16-4-2/h16H,3-15H2,1-2H3. The third-order valence-electron chi connectivity index (χ3n) is 3.03. The Morgan fingerprint density at radius 1 is 0.706 bits per heavy atom. The molecule has 2 heteroatoms. The molecule has 0 aromatic heterocycles. The van der Waals surface area contributed by atoms with Crippen molar-refractivity contribution in [2.75, 3.05) is 26.3 Å². The second-order valence-corrected chi connectivity index (χ2v) is 4.79. The van der Waals surface area contributed by atoms with E-state index in [1.54, 1.807) is 0 Å². The summed E-state index contributed by atoms with van der Waals surface area (Å²) in [5.74, 6) is 0. The minimum absolute atomic E-state index is 0.967. The van der Waals surface area contributed by atoms with E-state index < -0.39 is 0 Å². The number of hydrogen-bond acceptors (Lipinski definition) is 2. The van der Waals surface area contributed by atoms with Crippen molar-refractivity contribution in [1.82, 2.24) is 5.32 Å². The van der Waals surface area contributed by atoms with E-state index >= 15 is 0 Å². The van der Waals surface area contributed by atoms with E-state index in [-0.39, 0.29) is 0 Å². The molecule has 0 atom stereocenters. The SMILES string of the molecule is CCCCCCCOCCCCCCNCC. The molecule has 0 spiro atoms. The van der Waals surface area contributed by atoms with Crippen molar-refractivity contribution in [1.29, 1.82) is 0 Å². The summed E-state index contributed by atoms with van der Waals surface area (Å²) in [5, 5.41) is 3.35. The Balaban J connectivity index is 2.85. The van der Waals surface area contributed by atoms with E-state index in [1.165, 1.54) is 64.3 Å². The quantitative estimate of drug-likeness (QED) is 0.463. The van der Waals surface area contributed by atoms with Crippen LogP contribution in [0.15, 0.2) is 0 Å². The van der Waals surface area contributed by atoms with Gasteiger partial charge in [-0.15, -0.1) is 0 Å². The second kappa shape index (κ2) is 15.9. The summed E-state index contributed by atoms with van der Waals surface area (Å²) in [6.45, 7) is 8.63. The monoisotopic (exact) mass is 243 g/mol. The van der Waals surface area contributed by atoms with Crippen molar-refractivity contribution in [2.24, 2.45) is 0 Å². The zero-order valence-corrected chi connectivity index (χ0v) is 12.1. The zero-order chi connectivity index (χ0) is 12.6. The molecule has 0 saturated carbocycles. The predicted octanol–water partition coefficient (Wildman–Crippen LogP) is 4.14. The molecule has 0 fully saturated rings. The van der Waals surface area contributed by atoms with Crippen molar-refractivity contribution in [3.05, 3.63) is 0 Å². The highest BCUT2D eigenvalue weighted by Gasteiger charge is 1.92. The second-order valence-electron chi connectivity index (χ2n) is 4.79. The summed E-state index contributed by atoms with van der Waals surface area (Å²) in [5.41, 5.74) is 0. The van der Waals surface area contributed by atoms with Gasteiger partial charge < -0.3 is 10.1 Å². The van der Waals surface area contributed by atoms with Crippen LogP contribution in [-0.4, -0.2) is 26.3 Å². The molecule has 17 heavy (non-hydrogen) atoms. The fraction of sp³-hybridized carbons (Fsp3) is 1.00. The molecule has 0 unspecified atom stereocenters. The Bertz CT molecular complexity index is 114. The lowest BCUT2D eigenvalue weighted by Crippen LogP contribution is -2.13. The normalized spacial score (nSPS) is 10.9. The number of unbranched alkanes of at least 4 members (excludes halogenated alkanes) is 7. The summed E-state index contributed by atoms with van der Waals surface area (Å²) in [6.07, 6.45) is 11.9. The molecular weight excluding hydrogens is 210 g/mol. The molecule has 104 valence electrons. The van der Waals surface area contributed by atoms with Crippen molar-refractivity contribution in [2.45, 2.75) is 71.6 Å². The van der Waals surface area contributed by atoms with E-state index in [9.17, 15) is 0 Å². The molecule has 0 heterocycles. The lowest BCUT2D eigenvalue weighted by atomic mass is 10.2. The van der Waals surface area contributed by atoms with Gasteiger partial charge in [0.15, 0.2) is 0 Å². The van der Waals surface area contributed by atoms with E-state index in [0.717, 1.165) is 19.8 Å². The van der Waals surface area contributed by atoms with Crippen LogP contribution >= 0.6 is 0 Å². The fourth-order valence-corrected chi connectivity index (χ4v) is 1.89. The zero-order valence-electron chi connectivity index (χ0n) is 12.1. The Morgan fingerprint density at radius 2 is 1.29 bits per heavy atom. The van der Waals surface area contributed by atoms with E-state index in [2.05, 4.69) is 19.2 Å². The van der Waals surface area contributed by atoms with Crippen LogP contribution in [0.4, 0.5) is 0 Å². The number of hydrogen-bond donors (Lipinski definition) is 1. The van der Waals surface area contributed by atoms with Crippen LogP contribution < -0.4 is 5.32 Å². The maximum Gasteiger partial charge on any atom is 0.0466 e. The van der Waals surface area contributed by atoms with Crippen LogP contribution in [-0.2, 0) is 4.74 Å². The van der Waals surface area contributed by atoms with Crippen LogP contribution in [0.25, 0.3) is 0 Å². The van der Waals surface area contributed by atoms with Gasteiger partial charge in [-0.2, -0.15) is 0 Å². The van der Waals surface area contributed by atoms with Crippen LogP contribution in [0.1, 0.15) is 71.6 Å². The van der Waals surface area contributed by atoms with Gasteiger partial charge in [0.1, 0.15) is 0 Å². The molecular formula is C15H33NO. The largest absolute Gasteiger partial charge is 0.381 e. The van der Waals surface area contributed by atoms with Crippen molar-refractivity contribution >= 4 is 0 Å². The molecule has 0 aromatic carbocycles. The maximum atomic E-state index is 5.63. The summed E-state index contributed by atoms with van der Waals surface area (Å²) < 4.78 is 5.63. The van der Waals surface area contributed by atoms with Crippen LogP contribution in [0.2, 0.25) is 0 Å². The van der Waals surface area contributed by atoms with Gasteiger partial charge in [-0.05, 0) is 32.4 Å². The molecule has 0 aliphatic heterocycles. The molecule has 1 N–H and O–H groups in total. The summed E-state index contributed by atoms with van der Waals surface area (Å²) in [6, 6.07) is 0. The Labute approximate surface area is 109 Å². The number of ether oxygens (including phenoxy) is 1. The Hall–Kier alpha value is -0.0800. The third-order valence-corrected chi connectivity index (χ3v) is 3.03. The summed E-state index contributed by atoms with van der Waals surface area (Å²) >= 11 is 0. The lowest BCUT2D eigenvalue weighted by Gasteiger charge is -2.04. The van der Waals surface area contributed by atoms with Crippen molar-refractivity contribution in [3.63, 3.8) is 0 Å². The van der Waals surface area contributed by atoms with Crippen LogP contribution in [0.3, 0.4) is 0 Å². The molecule has 0 radical (unpaired) electrons. The smallest absolute Gasteiger partial charge is 0.0466 e. The Morgan fingerprint density at radius 3 is 1.88 bits per heavy atom.